The van der Waals surface area contributed by atoms with Crippen molar-refractivity contribution in [3.63, 3.8) is 0 Å². The minimum atomic E-state index is -0.638. The Hall–Kier alpha value is -3.22. The van der Waals surface area contributed by atoms with E-state index in [0.717, 1.165) is 0 Å². The van der Waals surface area contributed by atoms with Crippen LogP contribution in [0.25, 0.3) is 0 Å². The molecule has 1 aliphatic rings. The molecule has 1 aliphatic heterocycles. The summed E-state index contributed by atoms with van der Waals surface area (Å²) in [5.41, 5.74) is 0.954. The van der Waals surface area contributed by atoms with Gasteiger partial charge in [-0.25, -0.2) is 0 Å². The topological polar surface area (TPSA) is 85.9 Å². The molecule has 2 N–H and O–H groups in total. The van der Waals surface area contributed by atoms with Gasteiger partial charge < -0.3 is 24.8 Å². The van der Waals surface area contributed by atoms with E-state index in [-0.39, 0.29) is 18.4 Å². The maximum absolute atomic E-state index is 12.7. The predicted octanol–water partition coefficient (Wildman–Crippen LogP) is 4.09. The molecule has 0 fully saturated rings. The van der Waals surface area contributed by atoms with Crippen LogP contribution in [0.1, 0.15) is 38.1 Å². The van der Waals surface area contributed by atoms with Crippen molar-refractivity contribution in [3.8, 4) is 17.2 Å². The summed E-state index contributed by atoms with van der Waals surface area (Å²) >= 11 is 0. The predicted molar refractivity (Wildman–Crippen MR) is 111 cm³/mol. The van der Waals surface area contributed by atoms with Crippen LogP contribution < -0.4 is 24.8 Å². The summed E-state index contributed by atoms with van der Waals surface area (Å²) < 4.78 is 16.9. The van der Waals surface area contributed by atoms with Crippen LogP contribution in [-0.4, -0.2) is 31.6 Å². The number of carbonyl (C=O) groups is 2. The molecule has 7 heteroatoms. The van der Waals surface area contributed by atoms with Crippen molar-refractivity contribution in [1.29, 1.82) is 0 Å². The lowest BCUT2D eigenvalue weighted by atomic mass is 9.94. The average Bonchev–Trinajstić information content (AvgIpc) is 2.80. The first-order chi connectivity index (χ1) is 13.8. The van der Waals surface area contributed by atoms with E-state index in [1.54, 1.807) is 36.4 Å². The smallest absolute Gasteiger partial charge is 0.255 e. The minimum absolute atomic E-state index is 0.106. The highest BCUT2D eigenvalue weighted by Gasteiger charge is 2.32. The van der Waals surface area contributed by atoms with Gasteiger partial charge in [0.15, 0.2) is 11.5 Å². The van der Waals surface area contributed by atoms with Gasteiger partial charge in [0.1, 0.15) is 12.4 Å². The van der Waals surface area contributed by atoms with Gasteiger partial charge in [0, 0.05) is 17.3 Å². The van der Waals surface area contributed by atoms with Gasteiger partial charge in [-0.15, -0.1) is 0 Å². The van der Waals surface area contributed by atoms with Gasteiger partial charge in [0.2, 0.25) is 5.91 Å². The number of hydrogen-bond acceptors (Lipinski definition) is 5. The summed E-state index contributed by atoms with van der Waals surface area (Å²) in [4.78, 5) is 24.9. The minimum Gasteiger partial charge on any atom is -0.490 e. The largest absolute Gasteiger partial charge is 0.490 e. The molecule has 0 aromatic heterocycles. The fourth-order valence-corrected chi connectivity index (χ4v) is 2.83. The zero-order valence-corrected chi connectivity index (χ0v) is 17.1. The summed E-state index contributed by atoms with van der Waals surface area (Å²) in [6.07, 6.45) is 0. The van der Waals surface area contributed by atoms with E-state index in [1.165, 1.54) is 0 Å². The van der Waals surface area contributed by atoms with Gasteiger partial charge in [-0.05, 0) is 58.0 Å². The van der Waals surface area contributed by atoms with Crippen LogP contribution in [0.2, 0.25) is 0 Å². The van der Waals surface area contributed by atoms with Crippen molar-refractivity contribution >= 4 is 23.2 Å². The fraction of sp³-hybridized carbons (Fsp3) is 0.364. The number of fused-ring (bicyclic) bond motifs is 1. The Kier molecular flexibility index (Phi) is 5.96. The van der Waals surface area contributed by atoms with Crippen LogP contribution in [0.5, 0.6) is 17.2 Å². The van der Waals surface area contributed by atoms with Crippen molar-refractivity contribution in [2.45, 2.75) is 27.7 Å². The summed E-state index contributed by atoms with van der Waals surface area (Å²) in [6, 6.07) is 10.2. The number of anilines is 2. The molecule has 2 aromatic carbocycles. The summed E-state index contributed by atoms with van der Waals surface area (Å²) in [6.45, 7) is 8.62. The molecule has 0 saturated heterocycles. The third-order valence-electron chi connectivity index (χ3n) is 4.50. The second-order valence-corrected chi connectivity index (χ2v) is 7.32. The molecule has 154 valence electrons. The second kappa shape index (κ2) is 8.43. The number of carbonyl (C=O) groups excluding carboxylic acids is 2. The van der Waals surface area contributed by atoms with E-state index in [0.29, 0.717) is 47.4 Å². The first kappa shape index (κ1) is 20.5. The molecule has 0 unspecified atom stereocenters. The van der Waals surface area contributed by atoms with Gasteiger partial charge in [-0.2, -0.15) is 0 Å². The molecular weight excluding hydrogens is 372 g/mol. The number of hydrogen-bond donors (Lipinski definition) is 2. The van der Waals surface area contributed by atoms with E-state index in [9.17, 15) is 9.59 Å². The Morgan fingerprint density at radius 1 is 1.10 bits per heavy atom. The van der Waals surface area contributed by atoms with Crippen LogP contribution in [0.3, 0.4) is 0 Å². The van der Waals surface area contributed by atoms with E-state index in [1.807, 2.05) is 27.7 Å². The Bertz CT molecular complexity index is 923. The molecule has 0 spiro atoms. The Labute approximate surface area is 170 Å². The van der Waals surface area contributed by atoms with Crippen LogP contribution in [-0.2, 0) is 4.79 Å². The maximum Gasteiger partial charge on any atom is 0.255 e. The first-order valence-corrected chi connectivity index (χ1v) is 9.63. The lowest BCUT2D eigenvalue weighted by Gasteiger charge is -2.18. The lowest BCUT2D eigenvalue weighted by Crippen LogP contribution is -2.33. The molecule has 0 aliphatic carbocycles. The molecule has 0 saturated carbocycles. The third-order valence-corrected chi connectivity index (χ3v) is 4.50. The monoisotopic (exact) mass is 398 g/mol. The van der Waals surface area contributed by atoms with Crippen LogP contribution in [0, 0.1) is 5.41 Å². The third kappa shape index (κ3) is 4.62. The van der Waals surface area contributed by atoms with Crippen molar-refractivity contribution in [2.24, 2.45) is 5.41 Å². The molecule has 0 radical (unpaired) electrons. The Morgan fingerprint density at radius 2 is 1.83 bits per heavy atom. The van der Waals surface area contributed by atoms with Crippen LogP contribution in [0.15, 0.2) is 36.4 Å². The highest BCUT2D eigenvalue weighted by molar-refractivity contribution is 6.05. The number of amides is 2. The first-order valence-electron chi connectivity index (χ1n) is 9.63. The molecule has 3 rings (SSSR count). The summed E-state index contributed by atoms with van der Waals surface area (Å²) in [5, 5.41) is 5.71. The highest BCUT2D eigenvalue weighted by atomic mass is 16.5. The number of rotatable bonds is 6. The van der Waals surface area contributed by atoms with E-state index in [4.69, 9.17) is 14.2 Å². The zero-order chi connectivity index (χ0) is 21.0. The normalized spacial score (nSPS) is 14.7. The van der Waals surface area contributed by atoms with Gasteiger partial charge in [-0.3, -0.25) is 9.59 Å². The van der Waals surface area contributed by atoms with Gasteiger partial charge in [0.25, 0.3) is 5.91 Å². The van der Waals surface area contributed by atoms with Crippen molar-refractivity contribution < 1.29 is 23.8 Å². The molecule has 2 amide bonds. The second-order valence-electron chi connectivity index (χ2n) is 7.32. The summed E-state index contributed by atoms with van der Waals surface area (Å²) in [5.74, 6) is 1.25. The molecule has 1 heterocycles. The molecule has 2 aromatic rings. The number of ether oxygens (including phenoxy) is 3. The van der Waals surface area contributed by atoms with Crippen molar-refractivity contribution in [1.82, 2.24) is 0 Å². The van der Waals surface area contributed by atoms with Gasteiger partial charge >= 0.3 is 0 Å². The number of benzene rings is 2. The van der Waals surface area contributed by atoms with Crippen LogP contribution in [0.4, 0.5) is 11.4 Å². The Balaban J connectivity index is 1.79. The van der Waals surface area contributed by atoms with Crippen molar-refractivity contribution in [2.75, 3.05) is 30.5 Å². The molecular formula is C22H26N2O5. The summed E-state index contributed by atoms with van der Waals surface area (Å²) in [7, 11) is 0. The van der Waals surface area contributed by atoms with E-state index in [2.05, 4.69) is 10.6 Å². The highest BCUT2D eigenvalue weighted by Crippen LogP contribution is 2.34. The molecule has 0 atom stereocenters. The molecule has 29 heavy (non-hydrogen) atoms. The molecule has 0 bridgehead atoms. The maximum atomic E-state index is 12.7. The van der Waals surface area contributed by atoms with Gasteiger partial charge in [0.05, 0.1) is 24.3 Å². The van der Waals surface area contributed by atoms with Crippen molar-refractivity contribution in [3.05, 3.63) is 42.0 Å². The average molecular weight is 398 g/mol. The van der Waals surface area contributed by atoms with E-state index < -0.39 is 5.41 Å². The van der Waals surface area contributed by atoms with E-state index >= 15 is 0 Å². The molecule has 7 nitrogen and oxygen atoms in total. The fourth-order valence-electron chi connectivity index (χ4n) is 2.83. The SMILES string of the molecule is CCOc1ccc(C(=O)Nc2ccc3c(c2)OCC(C)(C)C(=O)N3)cc1OCC. The van der Waals surface area contributed by atoms with Crippen LogP contribution >= 0.6 is 0 Å². The quantitative estimate of drug-likeness (QED) is 0.765. The van der Waals surface area contributed by atoms with Gasteiger partial charge in [-0.1, -0.05) is 0 Å². The lowest BCUT2D eigenvalue weighted by molar-refractivity contribution is -0.124. The number of nitrogens with one attached hydrogen (secondary N) is 2. The Morgan fingerprint density at radius 3 is 2.55 bits per heavy atom. The zero-order valence-electron chi connectivity index (χ0n) is 17.1. The standard InChI is InChI=1S/C22H26N2O5/c1-5-27-17-10-7-14(11-19(17)28-6-2)20(25)23-15-8-9-16-18(12-15)29-13-22(3,4)21(26)24-16/h7-12H,5-6,13H2,1-4H3,(H,23,25)(H,24,26).